The Hall–Kier alpha value is -3.30. The van der Waals surface area contributed by atoms with Gasteiger partial charge in [-0.15, -0.1) is 0 Å². The van der Waals surface area contributed by atoms with Crippen molar-refractivity contribution >= 4 is 11.9 Å². The highest BCUT2D eigenvalue weighted by atomic mass is 19.4. The van der Waals surface area contributed by atoms with E-state index in [0.29, 0.717) is 12.6 Å². The Kier molecular flexibility index (Phi) is 11.4. The molecule has 2 aliphatic heterocycles. The second-order valence-electron chi connectivity index (χ2n) is 8.11. The van der Waals surface area contributed by atoms with Crippen LogP contribution in [0.15, 0.2) is 48.9 Å². The number of carboxylic acid groups (broad SMARTS) is 2. The molecule has 0 spiro atoms. The van der Waals surface area contributed by atoms with Gasteiger partial charge in [-0.2, -0.15) is 26.3 Å². The van der Waals surface area contributed by atoms with Crippen molar-refractivity contribution in [2.24, 2.45) is 0 Å². The van der Waals surface area contributed by atoms with Gasteiger partial charge >= 0.3 is 24.3 Å². The van der Waals surface area contributed by atoms with Crippen LogP contribution in [-0.4, -0.2) is 80.8 Å². The molecule has 4 heterocycles. The first-order valence-corrected chi connectivity index (χ1v) is 11.1. The number of carbonyl (C=O) groups is 2. The Labute approximate surface area is 213 Å². The van der Waals surface area contributed by atoms with Crippen molar-refractivity contribution in [1.29, 1.82) is 0 Å². The van der Waals surface area contributed by atoms with Crippen molar-refractivity contribution in [3.63, 3.8) is 0 Å². The molecule has 0 radical (unpaired) electrons. The lowest BCUT2D eigenvalue weighted by Crippen LogP contribution is -2.41. The van der Waals surface area contributed by atoms with E-state index in [0.717, 1.165) is 37.4 Å². The van der Waals surface area contributed by atoms with Crippen molar-refractivity contribution in [2.45, 2.75) is 56.6 Å². The summed E-state index contributed by atoms with van der Waals surface area (Å²) >= 11 is 0. The van der Waals surface area contributed by atoms with Crippen LogP contribution in [0.5, 0.6) is 0 Å². The highest BCUT2D eigenvalue weighted by Crippen LogP contribution is 2.32. The van der Waals surface area contributed by atoms with Gasteiger partial charge in [0.2, 0.25) is 0 Å². The zero-order valence-electron chi connectivity index (χ0n) is 19.7. The Bertz CT molecular complexity index is 986. The van der Waals surface area contributed by atoms with Gasteiger partial charge in [0.25, 0.3) is 0 Å². The molecule has 4 rings (SSSR count). The van der Waals surface area contributed by atoms with Crippen LogP contribution in [0.2, 0.25) is 0 Å². The molecule has 2 aromatic heterocycles. The van der Waals surface area contributed by atoms with Crippen LogP contribution in [0.25, 0.3) is 0 Å². The SMILES string of the molecule is O=C(O)C(F)(F)F.O=C(O)C(F)(F)F.c1ccc(CN2C[C@@H](OCc3cccnc3)[C@H]3OCCC[C@@H]32)nc1. The van der Waals surface area contributed by atoms with Gasteiger partial charge in [-0.05, 0) is 36.6 Å². The van der Waals surface area contributed by atoms with Crippen molar-refractivity contribution in [1.82, 2.24) is 14.9 Å². The van der Waals surface area contributed by atoms with Crippen molar-refractivity contribution in [2.75, 3.05) is 13.2 Å². The van der Waals surface area contributed by atoms with E-state index < -0.39 is 24.3 Å². The molecule has 15 heteroatoms. The maximum atomic E-state index is 10.6. The first-order valence-electron chi connectivity index (χ1n) is 11.1. The van der Waals surface area contributed by atoms with E-state index in [9.17, 15) is 26.3 Å². The molecule has 0 unspecified atom stereocenters. The van der Waals surface area contributed by atoms with Crippen LogP contribution in [0.3, 0.4) is 0 Å². The molecule has 2 N–H and O–H groups in total. The summed E-state index contributed by atoms with van der Waals surface area (Å²) in [6.45, 7) is 3.18. The molecule has 0 bridgehead atoms. The van der Waals surface area contributed by atoms with Crippen molar-refractivity contribution < 1.29 is 55.6 Å². The summed E-state index contributed by atoms with van der Waals surface area (Å²) in [5, 5.41) is 14.2. The minimum atomic E-state index is -5.08. The quantitative estimate of drug-likeness (QED) is 0.534. The molecule has 0 aromatic carbocycles. The predicted molar refractivity (Wildman–Crippen MR) is 118 cm³/mol. The average molecular weight is 553 g/mol. The Morgan fingerprint density at radius 3 is 2.21 bits per heavy atom. The van der Waals surface area contributed by atoms with E-state index >= 15 is 0 Å². The Morgan fingerprint density at radius 1 is 1.03 bits per heavy atom. The normalized spacial score (nSPS) is 21.3. The second kappa shape index (κ2) is 14.0. The molecule has 2 fully saturated rings. The number of likely N-dealkylation sites (tertiary alicyclic amines) is 1. The summed E-state index contributed by atoms with van der Waals surface area (Å²) in [5.74, 6) is -5.51. The summed E-state index contributed by atoms with van der Waals surface area (Å²) in [4.78, 5) is 28.9. The van der Waals surface area contributed by atoms with Crippen LogP contribution < -0.4 is 0 Å². The Morgan fingerprint density at radius 2 is 1.68 bits per heavy atom. The third kappa shape index (κ3) is 10.2. The fourth-order valence-electron chi connectivity index (χ4n) is 3.72. The zero-order chi connectivity index (χ0) is 28.3. The van der Waals surface area contributed by atoms with Gasteiger partial charge in [-0.1, -0.05) is 12.1 Å². The molecular formula is C23H25F6N3O6. The molecule has 9 nitrogen and oxygen atoms in total. The van der Waals surface area contributed by atoms with Crippen LogP contribution >= 0.6 is 0 Å². The lowest BCUT2D eigenvalue weighted by molar-refractivity contribution is -0.193. The van der Waals surface area contributed by atoms with Crippen molar-refractivity contribution in [3.05, 3.63) is 60.2 Å². The molecule has 2 saturated heterocycles. The topological polar surface area (TPSA) is 122 Å². The molecule has 0 amide bonds. The van der Waals surface area contributed by atoms with E-state index in [-0.39, 0.29) is 12.2 Å². The molecular weight excluding hydrogens is 528 g/mol. The van der Waals surface area contributed by atoms with Gasteiger partial charge in [0.15, 0.2) is 0 Å². The molecule has 38 heavy (non-hydrogen) atoms. The lowest BCUT2D eigenvalue weighted by atomic mass is 10.0. The van der Waals surface area contributed by atoms with E-state index in [1.807, 2.05) is 36.7 Å². The second-order valence-corrected chi connectivity index (χ2v) is 8.11. The number of aliphatic carboxylic acids is 2. The fourth-order valence-corrected chi connectivity index (χ4v) is 3.72. The van der Waals surface area contributed by atoms with Crippen LogP contribution in [-0.2, 0) is 32.2 Å². The number of hydrogen-bond acceptors (Lipinski definition) is 7. The first kappa shape index (κ1) is 30.9. The van der Waals surface area contributed by atoms with Crippen LogP contribution in [0.4, 0.5) is 26.3 Å². The summed E-state index contributed by atoms with van der Waals surface area (Å²) in [5.41, 5.74) is 2.21. The molecule has 0 saturated carbocycles. The minimum absolute atomic E-state index is 0.110. The predicted octanol–water partition coefficient (Wildman–Crippen LogP) is 3.69. The summed E-state index contributed by atoms with van der Waals surface area (Å²) in [6, 6.07) is 10.5. The number of rotatable bonds is 5. The van der Waals surface area contributed by atoms with Gasteiger partial charge in [-0.3, -0.25) is 14.9 Å². The van der Waals surface area contributed by atoms with E-state index in [4.69, 9.17) is 29.3 Å². The number of pyridine rings is 2. The van der Waals surface area contributed by atoms with Gasteiger partial charge in [-0.25, -0.2) is 9.59 Å². The van der Waals surface area contributed by atoms with E-state index in [1.165, 1.54) is 6.42 Å². The zero-order valence-corrected chi connectivity index (χ0v) is 19.7. The number of ether oxygens (including phenoxy) is 2. The maximum absolute atomic E-state index is 10.6. The first-order chi connectivity index (χ1) is 17.8. The lowest BCUT2D eigenvalue weighted by Gasteiger charge is -2.32. The highest BCUT2D eigenvalue weighted by Gasteiger charge is 2.44. The van der Waals surface area contributed by atoms with Crippen molar-refractivity contribution in [3.8, 4) is 0 Å². The van der Waals surface area contributed by atoms with Gasteiger partial charge in [0.1, 0.15) is 6.10 Å². The standard InChI is InChI=1S/C19H23N3O2.2C2HF3O2/c1-2-9-21-16(6-1)12-22-13-18(19-17(22)7-4-10-23-19)24-14-15-5-3-8-20-11-15;2*3-2(4,5)1(6)7/h1-3,5-6,8-9,11,17-19H,4,7,10,12-14H2;2*(H,6,7)/t17-,18+,19-;;/m0../s1. The summed E-state index contributed by atoms with van der Waals surface area (Å²) in [6.07, 6.45) is -2.09. The number of hydrogen-bond donors (Lipinski definition) is 2. The monoisotopic (exact) mass is 553 g/mol. The van der Waals surface area contributed by atoms with Crippen LogP contribution in [0.1, 0.15) is 24.1 Å². The van der Waals surface area contributed by atoms with Gasteiger partial charge < -0.3 is 19.7 Å². The molecule has 0 aliphatic carbocycles. The summed E-state index contributed by atoms with van der Waals surface area (Å²) in [7, 11) is 0. The molecule has 210 valence electrons. The van der Waals surface area contributed by atoms with E-state index in [2.05, 4.69) is 20.9 Å². The average Bonchev–Trinajstić information content (AvgIpc) is 3.21. The molecule has 3 atom stereocenters. The molecule has 2 aliphatic rings. The fraction of sp³-hybridized carbons (Fsp3) is 0.478. The number of alkyl halides is 6. The minimum Gasteiger partial charge on any atom is -0.475 e. The molecule has 2 aromatic rings. The third-order valence-electron chi connectivity index (χ3n) is 5.35. The van der Waals surface area contributed by atoms with Gasteiger partial charge in [0.05, 0.1) is 18.4 Å². The largest absolute Gasteiger partial charge is 0.490 e. The van der Waals surface area contributed by atoms with Gasteiger partial charge in [0, 0.05) is 44.3 Å². The maximum Gasteiger partial charge on any atom is 0.490 e. The third-order valence-corrected chi connectivity index (χ3v) is 5.35. The summed E-state index contributed by atoms with van der Waals surface area (Å²) < 4.78 is 75.7. The number of nitrogens with zero attached hydrogens (tertiary/aromatic N) is 3. The van der Waals surface area contributed by atoms with E-state index in [1.54, 1.807) is 6.20 Å². The number of halogens is 6. The van der Waals surface area contributed by atoms with Crippen LogP contribution in [0, 0.1) is 0 Å². The number of aromatic nitrogens is 2. The Balaban J connectivity index is 0.000000301. The number of fused-ring (bicyclic) bond motifs is 1. The smallest absolute Gasteiger partial charge is 0.475 e. The number of carboxylic acids is 2. The highest BCUT2D eigenvalue weighted by molar-refractivity contribution is 5.73.